The molecule has 2 aliphatic rings. The predicted molar refractivity (Wildman–Crippen MR) is 261 cm³/mol. The number of nitriles is 2. The number of fused-ring (bicyclic) bond motifs is 1. The first-order valence-electron chi connectivity index (χ1n) is 23.4. The molecule has 3 aromatic rings. The van der Waals surface area contributed by atoms with Gasteiger partial charge in [-0.25, -0.2) is 13.2 Å². The number of aryl methyl sites for hydroxylation is 1. The van der Waals surface area contributed by atoms with Gasteiger partial charge in [-0.2, -0.15) is 14.8 Å². The van der Waals surface area contributed by atoms with Crippen LogP contribution in [0.25, 0.3) is 0 Å². The zero-order valence-electron chi connectivity index (χ0n) is 41.0. The molecule has 69 heavy (non-hydrogen) atoms. The number of benzene rings is 3. The fourth-order valence-electron chi connectivity index (χ4n) is 7.87. The fraction of sp³-hybridized carbons (Fsp3) is 0.580. The van der Waals surface area contributed by atoms with Crippen LogP contribution in [0.4, 0.5) is 16.2 Å². The van der Waals surface area contributed by atoms with E-state index in [4.69, 9.17) is 24.7 Å². The Labute approximate surface area is 407 Å². The van der Waals surface area contributed by atoms with E-state index in [0.29, 0.717) is 58.7 Å². The molecule has 0 radical (unpaired) electrons. The van der Waals surface area contributed by atoms with Crippen molar-refractivity contribution in [2.45, 2.75) is 129 Å². The molecular formula is C50H71N7O11S. The summed E-state index contributed by atoms with van der Waals surface area (Å²) in [6.07, 6.45) is 3.58. The third kappa shape index (κ3) is 20.5. The van der Waals surface area contributed by atoms with Crippen molar-refractivity contribution in [3.05, 3.63) is 110 Å². The molecule has 3 aromatic carbocycles. The van der Waals surface area contributed by atoms with E-state index in [1.54, 1.807) is 12.1 Å². The molecule has 18 nitrogen and oxygen atoms in total. The largest absolute Gasteiger partial charge is 0.443 e. The average molecular weight is 978 g/mol. The Hall–Kier alpha value is -5.54. The van der Waals surface area contributed by atoms with Gasteiger partial charge in [0.2, 0.25) is 10.0 Å². The smallest absolute Gasteiger partial charge is 0.407 e. The summed E-state index contributed by atoms with van der Waals surface area (Å²) in [5.41, 5.74) is 1.79. The lowest BCUT2D eigenvalue weighted by Gasteiger charge is -2.33. The molecule has 0 aliphatic carbocycles. The molecule has 2 heterocycles. The van der Waals surface area contributed by atoms with E-state index in [2.05, 4.69) is 36.6 Å². The van der Waals surface area contributed by atoms with Gasteiger partial charge in [0.15, 0.2) is 6.29 Å². The minimum absolute atomic E-state index is 0.0141. The van der Waals surface area contributed by atoms with Crippen LogP contribution in [-0.2, 0) is 30.7 Å². The second-order valence-electron chi connectivity index (χ2n) is 19.5. The van der Waals surface area contributed by atoms with E-state index >= 15 is 0 Å². The standard InChI is InChI=1S/C25H37N3O5.C18H27N3O4S.C7H7NO2/c1-25(2,11-6-7-12-26)17-27-15-21(29)20(14-18-8-4-3-5-9-18)28-24(30)33-22-16-32-23-19(22)10-13-31-23;1-15(2)13-20(14-18(3,4)11-5-6-12-19)26(24,25)17-9-7-16(8-10-17)21(22)23;1-6-2-4-7(5-3-6)8(9)10/h3-5,8-9,19-23,27,29H,6-7,10-11,13-17H2,1-2H3,(H,28,30);7-10,15H,5-6,11,13-14H2,1-4H3;2-5H,1H3/t19?,20-,21?,22?,23?;;/m0../s1. The number of sulfonamides is 1. The van der Waals surface area contributed by atoms with E-state index in [-0.39, 0.29) is 51.3 Å². The zero-order valence-corrected chi connectivity index (χ0v) is 41.9. The van der Waals surface area contributed by atoms with Crippen LogP contribution >= 0.6 is 0 Å². The highest BCUT2D eigenvalue weighted by atomic mass is 32.2. The number of rotatable bonds is 23. The zero-order chi connectivity index (χ0) is 51.2. The number of non-ortho nitro benzene ring substituents is 2. The molecule has 378 valence electrons. The van der Waals surface area contributed by atoms with E-state index < -0.39 is 38.1 Å². The quantitative estimate of drug-likeness (QED) is 0.0457. The number of alkyl carbamates (subject to hydrolysis) is 1. The van der Waals surface area contributed by atoms with Crippen molar-refractivity contribution in [2.75, 3.05) is 39.4 Å². The summed E-state index contributed by atoms with van der Waals surface area (Å²) in [7, 11) is -3.76. The maximum absolute atomic E-state index is 13.1. The number of nitro groups is 2. The molecule has 4 unspecified atom stereocenters. The molecule has 2 aliphatic heterocycles. The molecule has 0 saturated carbocycles. The number of amides is 1. The van der Waals surface area contributed by atoms with Crippen LogP contribution in [-0.4, -0.2) is 97.7 Å². The second kappa shape index (κ2) is 28.2. The normalized spacial score (nSPS) is 17.5. The number of ether oxygens (including phenoxy) is 3. The lowest BCUT2D eigenvalue weighted by molar-refractivity contribution is -0.385. The van der Waals surface area contributed by atoms with Gasteiger partial charge in [-0.05, 0) is 79.9 Å². The van der Waals surface area contributed by atoms with Gasteiger partial charge in [0.05, 0.1) is 58.2 Å². The van der Waals surface area contributed by atoms with Crippen LogP contribution in [0.5, 0.6) is 0 Å². The van der Waals surface area contributed by atoms with Gasteiger partial charge in [0.1, 0.15) is 6.10 Å². The molecule has 2 saturated heterocycles. The van der Waals surface area contributed by atoms with Gasteiger partial charge in [-0.15, -0.1) is 0 Å². The second-order valence-corrected chi connectivity index (χ2v) is 21.4. The fourth-order valence-corrected chi connectivity index (χ4v) is 9.66. The van der Waals surface area contributed by atoms with Crippen molar-refractivity contribution in [2.24, 2.45) is 22.7 Å². The Balaban J connectivity index is 0.000000310. The summed E-state index contributed by atoms with van der Waals surface area (Å²) >= 11 is 0. The van der Waals surface area contributed by atoms with Crippen molar-refractivity contribution >= 4 is 27.5 Å². The minimum atomic E-state index is -3.76. The van der Waals surface area contributed by atoms with Crippen molar-refractivity contribution in [1.82, 2.24) is 14.9 Å². The van der Waals surface area contributed by atoms with Gasteiger partial charge < -0.3 is 30.0 Å². The first-order valence-corrected chi connectivity index (χ1v) is 24.8. The summed E-state index contributed by atoms with van der Waals surface area (Å²) in [5, 5.41) is 55.5. The molecule has 1 amide bonds. The lowest BCUT2D eigenvalue weighted by atomic mass is 9.87. The van der Waals surface area contributed by atoms with Crippen molar-refractivity contribution in [3.63, 3.8) is 0 Å². The monoisotopic (exact) mass is 977 g/mol. The summed E-state index contributed by atoms with van der Waals surface area (Å²) in [4.78, 5) is 32.7. The number of aliphatic hydroxyl groups excluding tert-OH is 1. The summed E-state index contributed by atoms with van der Waals surface area (Å²) < 4.78 is 44.3. The lowest BCUT2D eigenvalue weighted by Crippen LogP contribution is -2.50. The Kier molecular flexibility index (Phi) is 23.6. The topological polar surface area (TPSA) is 260 Å². The molecule has 19 heteroatoms. The predicted octanol–water partition coefficient (Wildman–Crippen LogP) is 8.62. The van der Waals surface area contributed by atoms with E-state index in [0.717, 1.165) is 43.2 Å². The Morgan fingerprint density at radius 1 is 0.899 bits per heavy atom. The van der Waals surface area contributed by atoms with Crippen molar-refractivity contribution in [1.29, 1.82) is 10.5 Å². The summed E-state index contributed by atoms with van der Waals surface area (Å²) in [5.74, 6) is 0.205. The van der Waals surface area contributed by atoms with Gasteiger partial charge in [-0.1, -0.05) is 89.6 Å². The molecule has 2 fully saturated rings. The molecular weight excluding hydrogens is 907 g/mol. The molecule has 0 bridgehead atoms. The number of unbranched alkanes of at least 4 members (excludes halogenated alkanes) is 2. The number of nitrogens with zero attached hydrogens (tertiary/aromatic N) is 5. The van der Waals surface area contributed by atoms with E-state index in [1.165, 1.54) is 40.7 Å². The number of carbonyl (C=O) groups is 1. The maximum Gasteiger partial charge on any atom is 0.407 e. The highest BCUT2D eigenvalue weighted by molar-refractivity contribution is 7.89. The summed E-state index contributed by atoms with van der Waals surface area (Å²) in [6.45, 7) is 16.7. The highest BCUT2D eigenvalue weighted by Crippen LogP contribution is 2.33. The molecule has 5 rings (SSSR count). The van der Waals surface area contributed by atoms with Crippen LogP contribution < -0.4 is 10.6 Å². The number of carbonyl (C=O) groups excluding carboxylic acids is 1. The number of nitro benzene ring substituents is 2. The highest BCUT2D eigenvalue weighted by Gasteiger charge is 2.44. The van der Waals surface area contributed by atoms with Crippen LogP contribution in [0.2, 0.25) is 0 Å². The first kappa shape index (κ1) is 57.8. The van der Waals surface area contributed by atoms with Crippen LogP contribution in [0, 0.1) is 72.5 Å². The molecule has 0 aromatic heterocycles. The molecule has 0 spiro atoms. The van der Waals surface area contributed by atoms with Crippen LogP contribution in [0.3, 0.4) is 0 Å². The molecule has 5 atom stereocenters. The third-order valence-electron chi connectivity index (χ3n) is 11.7. The Bertz CT molecular complexity index is 2250. The van der Waals surface area contributed by atoms with E-state index in [9.17, 15) is 38.5 Å². The van der Waals surface area contributed by atoms with E-state index in [1.807, 2.05) is 65.0 Å². The Morgan fingerprint density at radius 2 is 1.46 bits per heavy atom. The Morgan fingerprint density at radius 3 is 2.01 bits per heavy atom. The van der Waals surface area contributed by atoms with Crippen LogP contribution in [0.1, 0.15) is 97.6 Å². The van der Waals surface area contributed by atoms with Gasteiger partial charge >= 0.3 is 6.09 Å². The third-order valence-corrected chi connectivity index (χ3v) is 13.5. The number of hydrogen-bond acceptors (Lipinski definition) is 14. The van der Waals surface area contributed by atoms with Gasteiger partial charge in [-0.3, -0.25) is 20.2 Å². The SMILES string of the molecule is CC(C)(CCCC#N)CNCC(O)[C@H](Cc1ccccc1)NC(=O)OC1COC2OCCC12.CC(C)CN(CC(C)(C)CCCC#N)S(=O)(=O)c1ccc([N+](=O)[O-])cc1.Cc1ccc([N+](=O)[O-])cc1. The number of hydrogen-bond donors (Lipinski definition) is 3. The van der Waals surface area contributed by atoms with Gasteiger partial charge in [0, 0.05) is 63.3 Å². The number of nitrogens with one attached hydrogen (secondary N) is 2. The summed E-state index contributed by atoms with van der Waals surface area (Å²) in [6, 6.07) is 25.0. The van der Waals surface area contributed by atoms with Crippen molar-refractivity contribution < 1.29 is 42.4 Å². The minimum Gasteiger partial charge on any atom is -0.443 e. The first-order chi connectivity index (χ1) is 32.6. The maximum atomic E-state index is 13.1. The number of aliphatic hydroxyl groups is 1. The van der Waals surface area contributed by atoms with Crippen molar-refractivity contribution in [3.8, 4) is 12.1 Å². The molecule has 3 N–H and O–H groups in total. The van der Waals surface area contributed by atoms with Gasteiger partial charge in [0.25, 0.3) is 11.4 Å². The average Bonchev–Trinajstić information content (AvgIpc) is 3.92. The van der Waals surface area contributed by atoms with Crippen LogP contribution in [0.15, 0.2) is 83.8 Å².